The minimum atomic E-state index is -0.503. The van der Waals surface area contributed by atoms with E-state index in [4.69, 9.17) is 4.74 Å². The average Bonchev–Trinajstić information content (AvgIpc) is 3.63. The van der Waals surface area contributed by atoms with Crippen molar-refractivity contribution in [2.24, 2.45) is 29.6 Å². The number of rotatable bonds is 4. The standard InChI is InChI=1S/C26H21N3O6S2/c1-35-14-8-2-11(3-9-14)17-18-15-10-16(21(18)36-23-22(17)37-26(32)27-23)20-19(15)24(30)28(25(20)31)12-4-6-13(7-5-12)29(33)34/h2-9,15-21H,10H2,1H3,(H,27,32)/t15-,16-,17+,18+,19+,20+,21-/m1/s1. The number of fused-ring (bicyclic) bond motifs is 9. The van der Waals surface area contributed by atoms with Crippen molar-refractivity contribution in [3.05, 3.63) is 78.8 Å². The molecule has 2 bridgehead atoms. The third-order valence-electron chi connectivity index (χ3n) is 8.52. The molecule has 0 spiro atoms. The summed E-state index contributed by atoms with van der Waals surface area (Å²) in [6.07, 6.45) is 0.801. The molecule has 7 atom stereocenters. The normalized spacial score (nSPS) is 31.3. The van der Waals surface area contributed by atoms with Crippen LogP contribution in [0.25, 0.3) is 0 Å². The lowest BCUT2D eigenvalue weighted by Crippen LogP contribution is -2.42. The molecular weight excluding hydrogens is 514 g/mol. The first kappa shape index (κ1) is 22.7. The van der Waals surface area contributed by atoms with Crippen LogP contribution in [-0.4, -0.2) is 34.1 Å². The van der Waals surface area contributed by atoms with Crippen LogP contribution in [0.2, 0.25) is 0 Å². The van der Waals surface area contributed by atoms with Gasteiger partial charge < -0.3 is 9.72 Å². The Hall–Kier alpha value is -3.44. The maximum Gasteiger partial charge on any atom is 0.305 e. The summed E-state index contributed by atoms with van der Waals surface area (Å²) in [6, 6.07) is 13.5. The molecular formula is C26H21N3O6S2. The van der Waals surface area contributed by atoms with E-state index in [9.17, 15) is 24.5 Å². The zero-order valence-electron chi connectivity index (χ0n) is 19.5. The summed E-state index contributed by atoms with van der Waals surface area (Å²) < 4.78 is 5.34. The Balaban J connectivity index is 1.28. The van der Waals surface area contributed by atoms with Crippen molar-refractivity contribution in [3.8, 4) is 5.75 Å². The van der Waals surface area contributed by atoms with Gasteiger partial charge in [-0.3, -0.25) is 29.4 Å². The highest BCUT2D eigenvalue weighted by atomic mass is 32.2. The monoisotopic (exact) mass is 535 g/mol. The minimum absolute atomic E-state index is 0.00412. The van der Waals surface area contributed by atoms with Crippen LogP contribution in [0, 0.1) is 39.7 Å². The van der Waals surface area contributed by atoms with Gasteiger partial charge in [-0.25, -0.2) is 0 Å². The SMILES string of the molecule is COc1ccc([C@@H]2c3sc(=O)[nH]c3S[C@@H]3[C@@H]4C[C@@H]([C@@H]5C(=O)N(c6ccc([N+](=O)[O-])cc6)C(=O)[C@@H]45)[C@@H]23)cc1. The molecule has 2 aliphatic carbocycles. The number of amides is 2. The largest absolute Gasteiger partial charge is 0.497 e. The van der Waals surface area contributed by atoms with Crippen LogP contribution in [0.3, 0.4) is 0 Å². The van der Waals surface area contributed by atoms with E-state index in [0.29, 0.717) is 5.69 Å². The van der Waals surface area contributed by atoms with E-state index in [-0.39, 0.29) is 51.3 Å². The Morgan fingerprint density at radius 2 is 1.68 bits per heavy atom. The zero-order valence-corrected chi connectivity index (χ0v) is 21.2. The van der Waals surface area contributed by atoms with Crippen LogP contribution < -0.4 is 14.5 Å². The number of hydrogen-bond donors (Lipinski definition) is 1. The zero-order chi connectivity index (χ0) is 25.6. The molecule has 3 heterocycles. The number of aromatic amines is 1. The van der Waals surface area contributed by atoms with Gasteiger partial charge in [0.2, 0.25) is 11.8 Å². The Morgan fingerprint density at radius 1 is 1.00 bits per heavy atom. The number of ether oxygens (including phenoxy) is 1. The fourth-order valence-electron chi connectivity index (χ4n) is 7.18. The molecule has 0 radical (unpaired) electrons. The van der Waals surface area contributed by atoms with Gasteiger partial charge >= 0.3 is 4.87 Å². The molecule has 0 unspecified atom stereocenters. The Morgan fingerprint density at radius 3 is 2.32 bits per heavy atom. The number of imide groups is 1. The molecule has 11 heteroatoms. The summed E-state index contributed by atoms with van der Waals surface area (Å²) in [5.41, 5.74) is 1.36. The van der Waals surface area contributed by atoms with Crippen LogP contribution in [0.4, 0.5) is 11.4 Å². The summed E-state index contributed by atoms with van der Waals surface area (Å²) in [5.74, 6) is -0.456. The molecule has 3 aromatic rings. The number of H-pyrrole nitrogens is 1. The van der Waals surface area contributed by atoms with Crippen molar-refractivity contribution in [1.29, 1.82) is 0 Å². The molecule has 1 saturated heterocycles. The molecule has 4 aliphatic rings. The molecule has 1 aromatic heterocycles. The predicted octanol–water partition coefficient (Wildman–Crippen LogP) is 4.03. The summed E-state index contributed by atoms with van der Waals surface area (Å²) in [6.45, 7) is 0. The number of non-ortho nitro benzene ring substituents is 1. The number of thioether (sulfide) groups is 1. The second-order valence-corrected chi connectivity index (χ2v) is 12.2. The summed E-state index contributed by atoms with van der Waals surface area (Å²) in [7, 11) is 1.62. The molecule has 188 valence electrons. The van der Waals surface area contributed by atoms with E-state index in [1.807, 2.05) is 24.3 Å². The molecule has 37 heavy (non-hydrogen) atoms. The van der Waals surface area contributed by atoms with Gasteiger partial charge in [0, 0.05) is 28.2 Å². The second kappa shape index (κ2) is 8.03. The van der Waals surface area contributed by atoms with Crippen molar-refractivity contribution >= 4 is 46.3 Å². The van der Waals surface area contributed by atoms with Gasteiger partial charge in [0.25, 0.3) is 5.69 Å². The van der Waals surface area contributed by atoms with E-state index in [0.717, 1.165) is 27.6 Å². The number of benzene rings is 2. The van der Waals surface area contributed by atoms with Gasteiger partial charge in [-0.05, 0) is 54.0 Å². The summed E-state index contributed by atoms with van der Waals surface area (Å²) >= 11 is 2.87. The van der Waals surface area contributed by atoms with E-state index in [1.165, 1.54) is 40.5 Å². The number of anilines is 1. The van der Waals surface area contributed by atoms with Crippen molar-refractivity contribution in [1.82, 2.24) is 4.98 Å². The van der Waals surface area contributed by atoms with Crippen LogP contribution in [-0.2, 0) is 9.59 Å². The second-order valence-electron chi connectivity index (χ2n) is 10.0. The lowest BCUT2D eigenvalue weighted by atomic mass is 9.68. The fraction of sp³-hybridized carbons (Fsp3) is 0.346. The number of nitrogens with one attached hydrogen (secondary N) is 1. The van der Waals surface area contributed by atoms with E-state index < -0.39 is 16.8 Å². The van der Waals surface area contributed by atoms with Crippen LogP contribution >= 0.6 is 23.1 Å². The Kier molecular flexibility index (Phi) is 4.93. The minimum Gasteiger partial charge on any atom is -0.497 e. The predicted molar refractivity (Wildman–Crippen MR) is 137 cm³/mol. The highest BCUT2D eigenvalue weighted by Gasteiger charge is 2.69. The number of nitrogens with zero attached hydrogens (tertiary/aromatic N) is 2. The van der Waals surface area contributed by atoms with Gasteiger partial charge in [0.1, 0.15) is 5.75 Å². The average molecular weight is 536 g/mol. The van der Waals surface area contributed by atoms with Crippen LogP contribution in [0.15, 0.2) is 58.4 Å². The summed E-state index contributed by atoms with van der Waals surface area (Å²) in [5, 5.41) is 12.0. The van der Waals surface area contributed by atoms with Gasteiger partial charge in [-0.15, -0.1) is 11.8 Å². The van der Waals surface area contributed by atoms with E-state index in [1.54, 1.807) is 18.9 Å². The lowest BCUT2D eigenvalue weighted by molar-refractivity contribution is -0.384. The lowest BCUT2D eigenvalue weighted by Gasteiger charge is -2.43. The molecule has 1 N–H and O–H groups in total. The van der Waals surface area contributed by atoms with Crippen LogP contribution in [0.1, 0.15) is 22.8 Å². The van der Waals surface area contributed by atoms with Crippen molar-refractivity contribution in [3.63, 3.8) is 0 Å². The maximum absolute atomic E-state index is 13.8. The van der Waals surface area contributed by atoms with Gasteiger partial charge in [-0.2, -0.15) is 0 Å². The molecule has 3 fully saturated rings. The summed E-state index contributed by atoms with van der Waals surface area (Å²) in [4.78, 5) is 55.5. The number of hydrogen-bond acceptors (Lipinski definition) is 8. The first-order valence-electron chi connectivity index (χ1n) is 12.0. The first-order chi connectivity index (χ1) is 17.9. The number of nitro benzene ring substituents is 1. The number of nitro groups is 1. The fourth-order valence-corrected chi connectivity index (χ4v) is 10.1. The highest BCUT2D eigenvalue weighted by Crippen LogP contribution is 2.68. The topological polar surface area (TPSA) is 123 Å². The van der Waals surface area contributed by atoms with E-state index >= 15 is 0 Å². The van der Waals surface area contributed by atoms with Crippen molar-refractivity contribution < 1.29 is 19.2 Å². The molecule has 9 nitrogen and oxygen atoms in total. The van der Waals surface area contributed by atoms with Gasteiger partial charge in [0.15, 0.2) is 0 Å². The third kappa shape index (κ3) is 3.13. The highest BCUT2D eigenvalue weighted by molar-refractivity contribution is 8.00. The first-order valence-corrected chi connectivity index (χ1v) is 13.7. The number of carbonyl (C=O) groups excluding carboxylic acids is 2. The van der Waals surface area contributed by atoms with E-state index in [2.05, 4.69) is 4.98 Å². The molecule has 2 saturated carbocycles. The smallest absolute Gasteiger partial charge is 0.305 e. The third-order valence-corrected chi connectivity index (χ3v) is 11.1. The number of aromatic nitrogens is 1. The molecule has 7 rings (SSSR count). The Labute approximate surface area is 219 Å². The quantitative estimate of drug-likeness (QED) is 0.304. The Bertz CT molecular complexity index is 1510. The molecule has 2 aromatic carbocycles. The maximum atomic E-state index is 13.8. The van der Waals surface area contributed by atoms with Gasteiger partial charge in [0.05, 0.1) is 34.6 Å². The van der Waals surface area contributed by atoms with Crippen molar-refractivity contribution in [2.45, 2.75) is 22.6 Å². The van der Waals surface area contributed by atoms with Crippen LogP contribution in [0.5, 0.6) is 5.75 Å². The number of carbonyl (C=O) groups is 2. The molecule has 2 amide bonds. The molecule has 2 aliphatic heterocycles. The number of thiazole rings is 1. The number of methoxy groups -OCH3 is 1. The van der Waals surface area contributed by atoms with Gasteiger partial charge in [-0.1, -0.05) is 23.5 Å². The van der Waals surface area contributed by atoms with Crippen molar-refractivity contribution in [2.75, 3.05) is 12.0 Å².